The van der Waals surface area contributed by atoms with Gasteiger partial charge in [-0.05, 0) is 45.0 Å². The summed E-state index contributed by atoms with van der Waals surface area (Å²) in [5.74, 6) is 0. The van der Waals surface area contributed by atoms with Crippen LogP contribution < -0.4 is 0 Å². The van der Waals surface area contributed by atoms with Gasteiger partial charge in [0.15, 0.2) is 0 Å². The molecule has 0 radical (unpaired) electrons. The number of hydrogen-bond donors (Lipinski definition) is 0. The van der Waals surface area contributed by atoms with E-state index in [0.717, 1.165) is 6.54 Å². The monoisotopic (exact) mass is 229 g/mol. The molecule has 0 N–H and O–H groups in total. The first-order chi connectivity index (χ1) is 8.43. The van der Waals surface area contributed by atoms with Gasteiger partial charge in [0, 0.05) is 11.9 Å². The van der Waals surface area contributed by atoms with Crippen molar-refractivity contribution in [3.63, 3.8) is 0 Å². The van der Waals surface area contributed by atoms with E-state index in [0.29, 0.717) is 0 Å². The summed E-state index contributed by atoms with van der Waals surface area (Å²) in [5, 5.41) is 5.70. The van der Waals surface area contributed by atoms with Gasteiger partial charge < -0.3 is 4.90 Å². The molecule has 3 rings (SSSR count). The zero-order valence-corrected chi connectivity index (χ0v) is 10.2. The number of para-hydroxylation sites is 1. The van der Waals surface area contributed by atoms with Gasteiger partial charge >= 0.3 is 0 Å². The first-order valence-corrected chi connectivity index (χ1v) is 6.56. The molecule has 1 aromatic heterocycles. The highest BCUT2D eigenvalue weighted by Gasteiger charge is 2.10. The molecule has 90 valence electrons. The molecule has 0 saturated carbocycles. The van der Waals surface area contributed by atoms with Crippen LogP contribution in [0.25, 0.3) is 10.9 Å². The number of rotatable bonds is 4. The van der Waals surface area contributed by atoms with E-state index in [1.165, 1.54) is 49.8 Å². The Hall–Kier alpha value is -1.35. The zero-order valence-electron chi connectivity index (χ0n) is 10.2. The van der Waals surface area contributed by atoms with E-state index in [4.69, 9.17) is 0 Å². The normalized spacial score (nSPS) is 16.9. The van der Waals surface area contributed by atoms with E-state index in [1.807, 2.05) is 6.20 Å². The van der Waals surface area contributed by atoms with Crippen LogP contribution in [0.2, 0.25) is 0 Å². The molecule has 0 bridgehead atoms. The van der Waals surface area contributed by atoms with Crippen molar-refractivity contribution >= 4 is 10.9 Å². The maximum absolute atomic E-state index is 4.46. The van der Waals surface area contributed by atoms with Crippen LogP contribution in [0.4, 0.5) is 0 Å². The molecular formula is C14H19N3. The first-order valence-electron chi connectivity index (χ1n) is 6.56. The van der Waals surface area contributed by atoms with Crippen molar-refractivity contribution in [1.29, 1.82) is 0 Å². The Balaban J connectivity index is 1.60. The third kappa shape index (κ3) is 2.34. The number of aromatic nitrogens is 2. The quantitative estimate of drug-likeness (QED) is 0.803. The summed E-state index contributed by atoms with van der Waals surface area (Å²) in [5.41, 5.74) is 1.26. The highest BCUT2D eigenvalue weighted by molar-refractivity contribution is 5.78. The molecule has 1 fully saturated rings. The second kappa shape index (κ2) is 4.88. The van der Waals surface area contributed by atoms with Crippen molar-refractivity contribution in [2.75, 3.05) is 19.6 Å². The van der Waals surface area contributed by atoms with Crippen molar-refractivity contribution in [3.05, 3.63) is 30.5 Å². The van der Waals surface area contributed by atoms with Gasteiger partial charge in [-0.1, -0.05) is 18.2 Å². The lowest BCUT2D eigenvalue weighted by molar-refractivity contribution is 0.323. The Labute approximate surface area is 102 Å². The highest BCUT2D eigenvalue weighted by Crippen LogP contribution is 2.13. The predicted molar refractivity (Wildman–Crippen MR) is 70.0 cm³/mol. The van der Waals surface area contributed by atoms with Crippen molar-refractivity contribution in [2.24, 2.45) is 0 Å². The van der Waals surface area contributed by atoms with Gasteiger partial charge in [-0.2, -0.15) is 5.10 Å². The van der Waals surface area contributed by atoms with E-state index in [9.17, 15) is 0 Å². The summed E-state index contributed by atoms with van der Waals surface area (Å²) in [7, 11) is 0. The van der Waals surface area contributed by atoms with Gasteiger partial charge in [0.05, 0.1) is 11.7 Å². The van der Waals surface area contributed by atoms with Crippen LogP contribution in [0, 0.1) is 0 Å². The summed E-state index contributed by atoms with van der Waals surface area (Å²) in [6.07, 6.45) is 5.92. The minimum absolute atomic E-state index is 1.03. The van der Waals surface area contributed by atoms with Crippen molar-refractivity contribution < 1.29 is 0 Å². The van der Waals surface area contributed by atoms with Crippen LogP contribution in [0.3, 0.4) is 0 Å². The molecule has 1 aromatic carbocycles. The number of aryl methyl sites for hydroxylation is 1. The average Bonchev–Trinajstić information content (AvgIpc) is 2.99. The molecule has 3 nitrogen and oxygen atoms in total. The molecule has 1 aliphatic rings. The lowest BCUT2D eigenvalue weighted by atomic mass is 10.2. The van der Waals surface area contributed by atoms with Crippen LogP contribution in [-0.2, 0) is 6.54 Å². The van der Waals surface area contributed by atoms with Crippen LogP contribution in [0.1, 0.15) is 19.3 Å². The number of hydrogen-bond acceptors (Lipinski definition) is 2. The third-order valence-electron chi connectivity index (χ3n) is 3.59. The molecular weight excluding hydrogens is 210 g/mol. The molecule has 2 aromatic rings. The van der Waals surface area contributed by atoms with Gasteiger partial charge in [-0.15, -0.1) is 0 Å². The van der Waals surface area contributed by atoms with Crippen LogP contribution in [0.5, 0.6) is 0 Å². The fourth-order valence-electron chi connectivity index (χ4n) is 2.65. The van der Waals surface area contributed by atoms with E-state index >= 15 is 0 Å². The molecule has 0 amide bonds. The number of nitrogens with zero attached hydrogens (tertiary/aromatic N) is 3. The summed E-state index contributed by atoms with van der Waals surface area (Å²) >= 11 is 0. The fraction of sp³-hybridized carbons (Fsp3) is 0.500. The summed E-state index contributed by atoms with van der Waals surface area (Å²) in [6, 6.07) is 8.43. The van der Waals surface area contributed by atoms with Crippen molar-refractivity contribution in [3.8, 4) is 0 Å². The molecule has 0 atom stereocenters. The summed E-state index contributed by atoms with van der Waals surface area (Å²) < 4.78 is 2.13. The molecule has 1 aliphatic heterocycles. The standard InChI is InChI=1S/C14H19N3/c1-2-7-14-13(6-1)12-15-17(14)11-5-10-16-8-3-4-9-16/h1-2,6-7,12H,3-5,8-11H2. The largest absolute Gasteiger partial charge is 0.303 e. The molecule has 0 unspecified atom stereocenters. The second-order valence-electron chi connectivity index (χ2n) is 4.83. The molecule has 17 heavy (non-hydrogen) atoms. The van der Waals surface area contributed by atoms with Crippen molar-refractivity contribution in [1.82, 2.24) is 14.7 Å². The first kappa shape index (κ1) is 10.8. The summed E-state index contributed by atoms with van der Waals surface area (Å²) in [6.45, 7) is 4.83. The minimum atomic E-state index is 1.03. The predicted octanol–water partition coefficient (Wildman–Crippen LogP) is 2.52. The Bertz CT molecular complexity index is 483. The Morgan fingerprint density at radius 3 is 2.76 bits per heavy atom. The van der Waals surface area contributed by atoms with Gasteiger partial charge in [-0.3, -0.25) is 4.68 Å². The molecule has 3 heteroatoms. The van der Waals surface area contributed by atoms with Gasteiger partial charge in [0.25, 0.3) is 0 Å². The molecule has 2 heterocycles. The van der Waals surface area contributed by atoms with Gasteiger partial charge in [-0.25, -0.2) is 0 Å². The lowest BCUT2D eigenvalue weighted by Crippen LogP contribution is -2.21. The van der Waals surface area contributed by atoms with Crippen LogP contribution >= 0.6 is 0 Å². The second-order valence-corrected chi connectivity index (χ2v) is 4.83. The third-order valence-corrected chi connectivity index (χ3v) is 3.59. The minimum Gasteiger partial charge on any atom is -0.303 e. The van der Waals surface area contributed by atoms with E-state index in [1.54, 1.807) is 0 Å². The van der Waals surface area contributed by atoms with Gasteiger partial charge in [0.1, 0.15) is 0 Å². The van der Waals surface area contributed by atoms with E-state index in [2.05, 4.69) is 38.9 Å². The number of benzene rings is 1. The maximum atomic E-state index is 4.46. The summed E-state index contributed by atoms with van der Waals surface area (Å²) in [4.78, 5) is 2.56. The topological polar surface area (TPSA) is 21.1 Å². The Morgan fingerprint density at radius 1 is 1.06 bits per heavy atom. The fourth-order valence-corrected chi connectivity index (χ4v) is 2.65. The zero-order chi connectivity index (χ0) is 11.5. The van der Waals surface area contributed by atoms with Gasteiger partial charge in [0.2, 0.25) is 0 Å². The van der Waals surface area contributed by atoms with E-state index < -0.39 is 0 Å². The van der Waals surface area contributed by atoms with Crippen molar-refractivity contribution in [2.45, 2.75) is 25.8 Å². The number of likely N-dealkylation sites (tertiary alicyclic amines) is 1. The molecule has 0 spiro atoms. The smallest absolute Gasteiger partial charge is 0.0682 e. The van der Waals surface area contributed by atoms with Crippen LogP contribution in [-0.4, -0.2) is 34.3 Å². The van der Waals surface area contributed by atoms with E-state index in [-0.39, 0.29) is 0 Å². The SMILES string of the molecule is c1ccc2c(c1)cnn2CCCN1CCCC1. The van der Waals surface area contributed by atoms with Crippen LogP contribution in [0.15, 0.2) is 30.5 Å². The maximum Gasteiger partial charge on any atom is 0.0682 e. The molecule has 1 saturated heterocycles. The average molecular weight is 229 g/mol. The number of fused-ring (bicyclic) bond motifs is 1. The highest BCUT2D eigenvalue weighted by atomic mass is 15.3. The Kier molecular flexibility index (Phi) is 3.10. The Morgan fingerprint density at radius 2 is 1.88 bits per heavy atom. The molecule has 0 aliphatic carbocycles. The lowest BCUT2D eigenvalue weighted by Gasteiger charge is -2.14.